The van der Waals surface area contributed by atoms with Crippen molar-refractivity contribution in [3.05, 3.63) is 139 Å². The van der Waals surface area contributed by atoms with Gasteiger partial charge in [-0.1, -0.05) is 115 Å². The van der Waals surface area contributed by atoms with Gasteiger partial charge in [0.15, 0.2) is 17.5 Å². The number of nitrogens with zero attached hydrogens (tertiary/aromatic N) is 4. The molecule has 4 fully saturated rings. The molecule has 4 heteroatoms. The van der Waals surface area contributed by atoms with Gasteiger partial charge >= 0.3 is 0 Å². The summed E-state index contributed by atoms with van der Waals surface area (Å²) in [6.07, 6.45) is 8.42. The molecule has 4 aliphatic rings. The minimum Gasteiger partial charge on any atom is -0.208 e. The lowest BCUT2D eigenvalue weighted by Crippen LogP contribution is -2.48. The topological polar surface area (TPSA) is 62.5 Å². The van der Waals surface area contributed by atoms with Crippen molar-refractivity contribution < 1.29 is 0 Å². The molecule has 4 aliphatic carbocycles. The highest BCUT2D eigenvalue weighted by atomic mass is 15.0. The fourth-order valence-corrected chi connectivity index (χ4v) is 9.29. The van der Waals surface area contributed by atoms with Crippen LogP contribution in [0.2, 0.25) is 0 Å². The molecule has 0 N–H and O–H groups in total. The van der Waals surface area contributed by atoms with Crippen LogP contribution in [0.25, 0.3) is 56.4 Å². The largest absolute Gasteiger partial charge is 0.208 e. The molecule has 0 radical (unpaired) electrons. The molecule has 0 atom stereocenters. The van der Waals surface area contributed by atoms with Gasteiger partial charge in [-0.15, -0.1) is 0 Å². The van der Waals surface area contributed by atoms with Gasteiger partial charge in [0, 0.05) is 16.7 Å². The van der Waals surface area contributed by atoms with Crippen molar-refractivity contribution in [3.8, 4) is 62.5 Å². The normalized spacial score (nSPS) is 22.4. The number of rotatable bonds is 6. The lowest BCUT2D eigenvalue weighted by atomic mass is 9.48. The van der Waals surface area contributed by atoms with Crippen LogP contribution in [-0.2, 0) is 5.41 Å². The highest BCUT2D eigenvalue weighted by Gasteiger charge is 2.51. The van der Waals surface area contributed by atoms with Crippen molar-refractivity contribution in [2.24, 2.45) is 17.8 Å². The fraction of sp³-hybridized carbons (Fsp3) is 0.227. The monoisotopic (exact) mass is 620 g/mol. The Hall–Kier alpha value is -5.40. The van der Waals surface area contributed by atoms with Gasteiger partial charge in [0.05, 0.1) is 11.6 Å². The standard InChI is InChI=1S/C44H36N4/c45-28-29-10-12-33(13-11-29)34-14-16-36(17-15-34)41-46-42(48-43(47-41)40-9-5-4-8-39(40)35-6-2-1-3-7-35)37-18-20-38(21-19-37)44-25-30-22-31(26-44)24-32(23-30)27-44/h1-21,30-32H,22-27H2/t30-,31+,32-,44?. The first-order valence-corrected chi connectivity index (χ1v) is 17.3. The quantitative estimate of drug-likeness (QED) is 0.186. The molecule has 6 aromatic rings. The third kappa shape index (κ3) is 5.20. The predicted molar refractivity (Wildman–Crippen MR) is 192 cm³/mol. The van der Waals surface area contributed by atoms with Gasteiger partial charge in [-0.25, -0.2) is 15.0 Å². The van der Waals surface area contributed by atoms with Crippen LogP contribution in [0.4, 0.5) is 0 Å². The van der Waals surface area contributed by atoms with Gasteiger partial charge in [-0.2, -0.15) is 5.26 Å². The van der Waals surface area contributed by atoms with Gasteiger partial charge in [-0.05, 0) is 102 Å². The van der Waals surface area contributed by atoms with E-state index in [1.165, 1.54) is 44.1 Å². The van der Waals surface area contributed by atoms with Crippen molar-refractivity contribution in [2.45, 2.75) is 43.9 Å². The molecule has 1 aromatic heterocycles. The maximum atomic E-state index is 9.20. The van der Waals surface area contributed by atoms with Crippen molar-refractivity contribution in [2.75, 3.05) is 0 Å². The average Bonchev–Trinajstić information content (AvgIpc) is 3.15. The zero-order chi connectivity index (χ0) is 32.1. The van der Waals surface area contributed by atoms with Crippen LogP contribution < -0.4 is 0 Å². The summed E-state index contributed by atoms with van der Waals surface area (Å²) in [7, 11) is 0. The Morgan fingerprint density at radius 3 is 1.48 bits per heavy atom. The average molecular weight is 621 g/mol. The SMILES string of the molecule is N#Cc1ccc(-c2ccc(-c3nc(-c4ccc(C56C[C@H]7C[C@@H](C5)C[C@@H](C6)C7)cc4)nc(-c4ccccc4-c4ccccc4)n3)cc2)cc1. The predicted octanol–water partition coefficient (Wildman–Crippen LogP) is 10.5. The maximum Gasteiger partial charge on any atom is 0.164 e. The molecule has 5 aromatic carbocycles. The molecular weight excluding hydrogens is 585 g/mol. The molecule has 0 unspecified atom stereocenters. The number of aromatic nitrogens is 3. The second kappa shape index (κ2) is 11.7. The van der Waals surface area contributed by atoms with E-state index in [0.717, 1.165) is 56.7 Å². The van der Waals surface area contributed by atoms with Crippen LogP contribution in [0.5, 0.6) is 0 Å². The van der Waals surface area contributed by atoms with E-state index in [1.807, 2.05) is 30.3 Å². The van der Waals surface area contributed by atoms with Crippen molar-refractivity contribution in [1.82, 2.24) is 15.0 Å². The van der Waals surface area contributed by atoms with E-state index in [-0.39, 0.29) is 0 Å². The van der Waals surface area contributed by atoms with Crippen LogP contribution in [0.15, 0.2) is 127 Å². The van der Waals surface area contributed by atoms with Crippen LogP contribution in [-0.4, -0.2) is 15.0 Å². The summed E-state index contributed by atoms with van der Waals surface area (Å²) in [6, 6.07) is 46.3. The van der Waals surface area contributed by atoms with E-state index in [0.29, 0.717) is 28.5 Å². The third-order valence-corrected chi connectivity index (χ3v) is 11.2. The number of nitriles is 1. The van der Waals surface area contributed by atoms with Crippen LogP contribution >= 0.6 is 0 Å². The molecule has 4 bridgehead atoms. The summed E-state index contributed by atoms with van der Waals surface area (Å²) in [5.74, 6) is 4.74. The Kier molecular flexibility index (Phi) is 7.01. The number of benzene rings is 5. The van der Waals surface area contributed by atoms with Gasteiger partial charge in [0.25, 0.3) is 0 Å². The summed E-state index contributed by atoms with van der Waals surface area (Å²) in [6.45, 7) is 0. The molecule has 1 heterocycles. The molecule has 232 valence electrons. The van der Waals surface area contributed by atoms with Crippen LogP contribution in [0.1, 0.15) is 49.7 Å². The lowest BCUT2D eigenvalue weighted by Gasteiger charge is -2.57. The Labute approximate surface area is 282 Å². The van der Waals surface area contributed by atoms with Crippen molar-refractivity contribution in [1.29, 1.82) is 5.26 Å². The highest BCUT2D eigenvalue weighted by molar-refractivity contribution is 5.82. The zero-order valence-corrected chi connectivity index (χ0v) is 26.9. The molecule has 0 spiro atoms. The summed E-state index contributed by atoms with van der Waals surface area (Å²) >= 11 is 0. The van der Waals surface area contributed by atoms with E-state index in [1.54, 1.807) is 0 Å². The molecule has 10 rings (SSSR count). The lowest BCUT2D eigenvalue weighted by molar-refractivity contribution is -0.00518. The number of hydrogen-bond donors (Lipinski definition) is 0. The van der Waals surface area contributed by atoms with Crippen molar-refractivity contribution in [3.63, 3.8) is 0 Å². The van der Waals surface area contributed by atoms with E-state index in [4.69, 9.17) is 15.0 Å². The third-order valence-electron chi connectivity index (χ3n) is 11.2. The Morgan fingerprint density at radius 1 is 0.458 bits per heavy atom. The number of hydrogen-bond acceptors (Lipinski definition) is 4. The van der Waals surface area contributed by atoms with Gasteiger partial charge < -0.3 is 0 Å². The smallest absolute Gasteiger partial charge is 0.164 e. The summed E-state index contributed by atoms with van der Waals surface area (Å²) < 4.78 is 0. The van der Waals surface area contributed by atoms with Gasteiger partial charge in [-0.3, -0.25) is 0 Å². The molecule has 4 nitrogen and oxygen atoms in total. The van der Waals surface area contributed by atoms with E-state index >= 15 is 0 Å². The molecule has 4 saturated carbocycles. The van der Waals surface area contributed by atoms with Gasteiger partial charge in [0.2, 0.25) is 0 Å². The minimum absolute atomic E-state index is 0.355. The van der Waals surface area contributed by atoms with Crippen molar-refractivity contribution >= 4 is 0 Å². The Morgan fingerprint density at radius 2 is 0.917 bits per heavy atom. The first-order valence-electron chi connectivity index (χ1n) is 17.3. The second-order valence-electron chi connectivity index (χ2n) is 14.3. The second-order valence-corrected chi connectivity index (χ2v) is 14.3. The van der Waals surface area contributed by atoms with Crippen LogP contribution in [0.3, 0.4) is 0 Å². The first-order chi connectivity index (χ1) is 23.6. The molecule has 0 aliphatic heterocycles. The maximum absolute atomic E-state index is 9.20. The summed E-state index contributed by atoms with van der Waals surface area (Å²) in [5.41, 5.74) is 9.80. The molecule has 48 heavy (non-hydrogen) atoms. The van der Waals surface area contributed by atoms with E-state index < -0.39 is 0 Å². The first kappa shape index (κ1) is 28.8. The summed E-state index contributed by atoms with van der Waals surface area (Å²) in [5, 5.41) is 9.20. The molecular formula is C44H36N4. The van der Waals surface area contributed by atoms with Crippen LogP contribution in [0, 0.1) is 29.1 Å². The highest BCUT2D eigenvalue weighted by Crippen LogP contribution is 2.60. The van der Waals surface area contributed by atoms with E-state index in [9.17, 15) is 5.26 Å². The van der Waals surface area contributed by atoms with Gasteiger partial charge in [0.1, 0.15) is 0 Å². The summed E-state index contributed by atoms with van der Waals surface area (Å²) in [4.78, 5) is 15.3. The molecule has 0 saturated heterocycles. The Bertz CT molecular complexity index is 2110. The zero-order valence-electron chi connectivity index (χ0n) is 26.9. The van der Waals surface area contributed by atoms with E-state index in [2.05, 4.69) is 103 Å². The fourth-order valence-electron chi connectivity index (χ4n) is 9.29. The minimum atomic E-state index is 0.355. The Balaban J connectivity index is 1.12. The molecule has 0 amide bonds.